The third-order valence-corrected chi connectivity index (χ3v) is 5.03. The molecule has 30 heavy (non-hydrogen) atoms. The molecular weight excluding hydrogens is 432 g/mol. The molecule has 0 saturated heterocycles. The van der Waals surface area contributed by atoms with E-state index in [-0.39, 0.29) is 16.0 Å². The van der Waals surface area contributed by atoms with Crippen LogP contribution in [-0.4, -0.2) is 42.6 Å². The summed E-state index contributed by atoms with van der Waals surface area (Å²) in [5.41, 5.74) is 1.16. The average Bonchev–Trinajstić information content (AvgIpc) is 3.21. The fraction of sp³-hybridized carbons (Fsp3) is 0.150. The van der Waals surface area contributed by atoms with Crippen LogP contribution in [0.2, 0.25) is 5.02 Å². The molecule has 8 nitrogen and oxygen atoms in total. The lowest BCUT2D eigenvalue weighted by molar-refractivity contribution is -0.131. The zero-order valence-electron chi connectivity index (χ0n) is 16.2. The molecule has 10 heteroatoms. The smallest absolute Gasteiger partial charge is 0.342 e. The monoisotopic (exact) mass is 448 g/mol. The average molecular weight is 449 g/mol. The molecule has 0 saturated carbocycles. The van der Waals surface area contributed by atoms with Crippen LogP contribution in [0, 0.1) is 0 Å². The van der Waals surface area contributed by atoms with Crippen LogP contribution in [0.3, 0.4) is 0 Å². The number of carboxylic acid groups (broad SMARTS) is 1. The van der Waals surface area contributed by atoms with Gasteiger partial charge in [0.15, 0.2) is 0 Å². The largest absolute Gasteiger partial charge is 0.497 e. The maximum absolute atomic E-state index is 11.7. The van der Waals surface area contributed by atoms with E-state index in [0.29, 0.717) is 33.4 Å². The minimum absolute atomic E-state index is 0.0188. The van der Waals surface area contributed by atoms with Gasteiger partial charge in [-0.1, -0.05) is 17.7 Å². The van der Waals surface area contributed by atoms with E-state index in [1.54, 1.807) is 36.4 Å². The number of nitrogens with zero attached hydrogens (tertiary/aromatic N) is 2. The lowest BCUT2D eigenvalue weighted by atomic mass is 10.2. The van der Waals surface area contributed by atoms with E-state index in [4.69, 9.17) is 30.2 Å². The number of methoxy groups -OCH3 is 3. The van der Waals surface area contributed by atoms with Crippen molar-refractivity contribution in [1.29, 1.82) is 0 Å². The van der Waals surface area contributed by atoms with Gasteiger partial charge in [-0.2, -0.15) is 0 Å². The van der Waals surface area contributed by atoms with Crippen molar-refractivity contribution in [1.82, 2.24) is 10.2 Å². The summed E-state index contributed by atoms with van der Waals surface area (Å²) in [6.07, 6.45) is 1.46. The van der Waals surface area contributed by atoms with Crippen LogP contribution in [0.25, 0.3) is 17.5 Å². The van der Waals surface area contributed by atoms with Crippen LogP contribution in [0.5, 0.6) is 17.2 Å². The Hall–Kier alpha value is -3.17. The van der Waals surface area contributed by atoms with Gasteiger partial charge < -0.3 is 23.7 Å². The van der Waals surface area contributed by atoms with Gasteiger partial charge in [-0.15, -0.1) is 10.2 Å². The van der Waals surface area contributed by atoms with E-state index in [1.165, 1.54) is 27.4 Å². The van der Waals surface area contributed by atoms with E-state index in [0.717, 1.165) is 11.8 Å². The molecule has 3 aromatic rings. The Kier molecular flexibility index (Phi) is 6.86. The molecule has 0 bridgehead atoms. The second-order valence-electron chi connectivity index (χ2n) is 5.78. The molecule has 1 heterocycles. The Labute approximate surface area is 181 Å². The van der Waals surface area contributed by atoms with Crippen molar-refractivity contribution in [3.05, 3.63) is 51.9 Å². The summed E-state index contributed by atoms with van der Waals surface area (Å²) >= 11 is 6.93. The second-order valence-corrected chi connectivity index (χ2v) is 7.18. The van der Waals surface area contributed by atoms with Gasteiger partial charge in [-0.3, -0.25) is 0 Å². The van der Waals surface area contributed by atoms with Crippen LogP contribution in [0.1, 0.15) is 5.56 Å². The van der Waals surface area contributed by atoms with Crippen molar-refractivity contribution >= 4 is 35.4 Å². The fourth-order valence-corrected chi connectivity index (χ4v) is 3.39. The fourth-order valence-electron chi connectivity index (χ4n) is 2.45. The predicted molar refractivity (Wildman–Crippen MR) is 112 cm³/mol. The molecule has 0 aliphatic rings. The third-order valence-electron chi connectivity index (χ3n) is 3.89. The molecular formula is C20H17ClN2O6S. The molecule has 0 radical (unpaired) electrons. The quantitative estimate of drug-likeness (QED) is 0.390. The Balaban J connectivity index is 1.87. The number of rotatable bonds is 8. The molecule has 1 N–H and O–H groups in total. The molecule has 0 amide bonds. The lowest BCUT2D eigenvalue weighted by Gasteiger charge is -2.05. The number of benzene rings is 2. The van der Waals surface area contributed by atoms with Gasteiger partial charge in [0.1, 0.15) is 22.2 Å². The van der Waals surface area contributed by atoms with Gasteiger partial charge in [0.25, 0.3) is 5.22 Å². The minimum Gasteiger partial charge on any atom is -0.497 e. The van der Waals surface area contributed by atoms with E-state index in [9.17, 15) is 9.90 Å². The van der Waals surface area contributed by atoms with Crippen molar-refractivity contribution < 1.29 is 28.5 Å². The van der Waals surface area contributed by atoms with Gasteiger partial charge in [0, 0.05) is 11.6 Å². The molecule has 1 aromatic heterocycles. The van der Waals surface area contributed by atoms with Gasteiger partial charge in [-0.05, 0) is 47.7 Å². The number of ether oxygens (including phenoxy) is 3. The highest BCUT2D eigenvalue weighted by atomic mass is 35.5. The number of aromatic nitrogens is 2. The first-order chi connectivity index (χ1) is 14.4. The summed E-state index contributed by atoms with van der Waals surface area (Å²) in [4.78, 5) is 11.7. The molecule has 3 rings (SSSR count). The van der Waals surface area contributed by atoms with Crippen LogP contribution in [0.4, 0.5) is 0 Å². The summed E-state index contributed by atoms with van der Waals surface area (Å²) in [5, 5.41) is 17.9. The number of aliphatic carboxylic acids is 1. The number of halogens is 1. The number of thioether (sulfide) groups is 1. The number of carboxylic acids is 1. The summed E-state index contributed by atoms with van der Waals surface area (Å²) in [5.74, 6) is 0.661. The molecule has 0 spiro atoms. The van der Waals surface area contributed by atoms with Crippen molar-refractivity contribution in [2.75, 3.05) is 21.3 Å². The van der Waals surface area contributed by atoms with Crippen molar-refractivity contribution in [2.24, 2.45) is 0 Å². The van der Waals surface area contributed by atoms with E-state index >= 15 is 0 Å². The Morgan fingerprint density at radius 2 is 1.77 bits per heavy atom. The van der Waals surface area contributed by atoms with Gasteiger partial charge in [0.2, 0.25) is 5.89 Å². The van der Waals surface area contributed by atoms with Crippen molar-refractivity contribution in [3.8, 4) is 28.7 Å². The Morgan fingerprint density at radius 3 is 2.33 bits per heavy atom. The SMILES string of the molecule is COc1cc(OC)cc(-c2nnc(S/C(=C/c3ccc(OC)c(Cl)c3)C(=O)O)o2)c1. The maximum atomic E-state index is 11.7. The predicted octanol–water partition coefficient (Wildman–Crippen LogP) is 4.63. The first-order valence-corrected chi connectivity index (χ1v) is 9.66. The molecule has 0 unspecified atom stereocenters. The number of carbonyl (C=O) groups is 1. The molecule has 156 valence electrons. The summed E-state index contributed by atoms with van der Waals surface area (Å²) in [7, 11) is 4.56. The highest BCUT2D eigenvalue weighted by Crippen LogP contribution is 2.34. The zero-order valence-corrected chi connectivity index (χ0v) is 17.8. The van der Waals surface area contributed by atoms with E-state index in [1.807, 2.05) is 0 Å². The Morgan fingerprint density at radius 1 is 1.07 bits per heavy atom. The van der Waals surface area contributed by atoms with Crippen molar-refractivity contribution in [2.45, 2.75) is 5.22 Å². The first-order valence-electron chi connectivity index (χ1n) is 8.46. The molecule has 0 atom stereocenters. The molecule has 0 fully saturated rings. The lowest BCUT2D eigenvalue weighted by Crippen LogP contribution is -1.97. The van der Waals surface area contributed by atoms with Gasteiger partial charge in [-0.25, -0.2) is 4.79 Å². The number of hydrogen-bond acceptors (Lipinski definition) is 8. The van der Waals surface area contributed by atoms with Crippen LogP contribution >= 0.6 is 23.4 Å². The summed E-state index contributed by atoms with van der Waals surface area (Å²) < 4.78 is 21.2. The van der Waals surface area contributed by atoms with Gasteiger partial charge >= 0.3 is 5.97 Å². The van der Waals surface area contributed by atoms with Crippen LogP contribution in [0.15, 0.2) is 50.9 Å². The van der Waals surface area contributed by atoms with Crippen LogP contribution < -0.4 is 14.2 Å². The van der Waals surface area contributed by atoms with Crippen molar-refractivity contribution in [3.63, 3.8) is 0 Å². The van der Waals surface area contributed by atoms with E-state index < -0.39 is 5.97 Å². The molecule has 0 aliphatic carbocycles. The maximum Gasteiger partial charge on any atom is 0.342 e. The first kappa shape index (κ1) is 21.5. The molecule has 0 aliphatic heterocycles. The second kappa shape index (κ2) is 9.55. The molecule has 2 aromatic carbocycles. The van der Waals surface area contributed by atoms with Gasteiger partial charge in [0.05, 0.1) is 26.4 Å². The third kappa shape index (κ3) is 5.05. The zero-order chi connectivity index (χ0) is 21.7. The minimum atomic E-state index is -1.14. The van der Waals surface area contributed by atoms with Crippen LogP contribution in [-0.2, 0) is 4.79 Å². The highest BCUT2D eigenvalue weighted by molar-refractivity contribution is 8.03. The summed E-state index contributed by atoms with van der Waals surface area (Å²) in [6, 6.07) is 10.1. The summed E-state index contributed by atoms with van der Waals surface area (Å²) in [6.45, 7) is 0. The topological polar surface area (TPSA) is 104 Å². The number of hydrogen-bond donors (Lipinski definition) is 1. The van der Waals surface area contributed by atoms with E-state index in [2.05, 4.69) is 10.2 Å². The normalized spacial score (nSPS) is 11.3. The standard InChI is InChI=1S/C20H17ClN2O6S/c1-26-13-8-12(9-14(10-13)27-2)18-22-23-20(29-18)30-17(19(24)25)7-11-4-5-16(28-3)15(21)6-11/h4-10H,1-3H3,(H,24,25)/b17-7+. The Bertz CT molecular complexity index is 1080. The highest BCUT2D eigenvalue weighted by Gasteiger charge is 2.17.